The molecular formula is C21H20N4O4. The number of hydrogen-bond acceptors (Lipinski definition) is 6. The molecule has 0 saturated carbocycles. The van der Waals surface area contributed by atoms with Gasteiger partial charge in [0.1, 0.15) is 0 Å². The molecule has 2 aliphatic rings. The molecule has 4 amide bonds. The van der Waals surface area contributed by atoms with Crippen LogP contribution in [0.2, 0.25) is 0 Å². The molecule has 0 aromatic heterocycles. The standard InChI is InChI=1S/C21H20N4O4/c22-12-4-6-14-16(10-12)20(28)24(18(14)26)8-2-1-3-9-25-19(27)15-7-5-13(23)11-17(15)21(25)29/h4-7,10-11H,1-3,8-9,22-23H2. The van der Waals surface area contributed by atoms with E-state index in [9.17, 15) is 19.2 Å². The molecule has 4 N–H and O–H groups in total. The number of carbonyl (C=O) groups excluding carboxylic acids is 4. The van der Waals surface area contributed by atoms with Crippen molar-refractivity contribution in [2.45, 2.75) is 19.3 Å². The third kappa shape index (κ3) is 3.12. The molecule has 0 bridgehead atoms. The van der Waals surface area contributed by atoms with Gasteiger partial charge in [0.05, 0.1) is 22.3 Å². The predicted octanol–water partition coefficient (Wildman–Crippen LogP) is 1.91. The van der Waals surface area contributed by atoms with Gasteiger partial charge >= 0.3 is 0 Å². The van der Waals surface area contributed by atoms with Crippen LogP contribution in [0, 0.1) is 0 Å². The smallest absolute Gasteiger partial charge is 0.261 e. The van der Waals surface area contributed by atoms with Crippen LogP contribution in [0.15, 0.2) is 36.4 Å². The van der Waals surface area contributed by atoms with Gasteiger partial charge in [-0.25, -0.2) is 0 Å². The fourth-order valence-corrected chi connectivity index (χ4v) is 3.74. The maximum absolute atomic E-state index is 12.4. The van der Waals surface area contributed by atoms with E-state index in [4.69, 9.17) is 11.5 Å². The number of anilines is 2. The van der Waals surface area contributed by atoms with E-state index >= 15 is 0 Å². The minimum Gasteiger partial charge on any atom is -0.399 e. The summed E-state index contributed by atoms with van der Waals surface area (Å²) in [7, 11) is 0. The third-order valence-electron chi connectivity index (χ3n) is 5.25. The highest BCUT2D eigenvalue weighted by molar-refractivity contribution is 6.22. The summed E-state index contributed by atoms with van der Waals surface area (Å²) < 4.78 is 0. The lowest BCUT2D eigenvalue weighted by Gasteiger charge is -2.15. The lowest BCUT2D eigenvalue weighted by Crippen LogP contribution is -2.32. The van der Waals surface area contributed by atoms with Crippen LogP contribution in [-0.4, -0.2) is 46.5 Å². The van der Waals surface area contributed by atoms with Crippen LogP contribution in [0.1, 0.15) is 60.7 Å². The van der Waals surface area contributed by atoms with Crippen molar-refractivity contribution in [1.82, 2.24) is 9.80 Å². The van der Waals surface area contributed by atoms with Crippen molar-refractivity contribution in [3.63, 3.8) is 0 Å². The number of benzene rings is 2. The van der Waals surface area contributed by atoms with Crippen molar-refractivity contribution in [3.8, 4) is 0 Å². The number of nitrogens with two attached hydrogens (primary N) is 2. The highest BCUT2D eigenvalue weighted by Gasteiger charge is 2.36. The second kappa shape index (κ2) is 7.05. The Labute approximate surface area is 167 Å². The summed E-state index contributed by atoms with van der Waals surface area (Å²) in [5.74, 6) is -1.31. The summed E-state index contributed by atoms with van der Waals surface area (Å²) in [5, 5.41) is 0. The van der Waals surface area contributed by atoms with E-state index in [-0.39, 0.29) is 36.7 Å². The van der Waals surface area contributed by atoms with E-state index in [2.05, 4.69) is 0 Å². The molecule has 0 unspecified atom stereocenters. The van der Waals surface area contributed by atoms with Gasteiger partial charge in [-0.15, -0.1) is 0 Å². The normalized spacial score (nSPS) is 15.3. The maximum Gasteiger partial charge on any atom is 0.261 e. The van der Waals surface area contributed by atoms with Crippen LogP contribution >= 0.6 is 0 Å². The van der Waals surface area contributed by atoms with Crippen molar-refractivity contribution in [3.05, 3.63) is 58.7 Å². The van der Waals surface area contributed by atoms with Crippen molar-refractivity contribution in [2.24, 2.45) is 0 Å². The molecule has 0 saturated heterocycles. The van der Waals surface area contributed by atoms with Crippen molar-refractivity contribution < 1.29 is 19.2 Å². The minimum atomic E-state index is -0.338. The maximum atomic E-state index is 12.4. The quantitative estimate of drug-likeness (QED) is 0.439. The average Bonchev–Trinajstić information content (AvgIpc) is 3.07. The molecule has 0 aliphatic carbocycles. The lowest BCUT2D eigenvalue weighted by atomic mass is 10.1. The Morgan fingerprint density at radius 3 is 1.34 bits per heavy atom. The zero-order valence-electron chi connectivity index (χ0n) is 15.7. The second-order valence-electron chi connectivity index (χ2n) is 7.19. The molecular weight excluding hydrogens is 372 g/mol. The zero-order valence-corrected chi connectivity index (χ0v) is 15.7. The van der Waals surface area contributed by atoms with Crippen LogP contribution in [0.25, 0.3) is 0 Å². The average molecular weight is 392 g/mol. The van der Waals surface area contributed by atoms with Crippen molar-refractivity contribution in [1.29, 1.82) is 0 Å². The van der Waals surface area contributed by atoms with Crippen LogP contribution < -0.4 is 11.5 Å². The molecule has 8 heteroatoms. The first-order valence-corrected chi connectivity index (χ1v) is 9.40. The molecule has 29 heavy (non-hydrogen) atoms. The summed E-state index contributed by atoms with van der Waals surface area (Å²) in [6, 6.07) is 9.38. The van der Waals surface area contributed by atoms with Gasteiger partial charge in [-0.05, 0) is 55.7 Å². The first-order chi connectivity index (χ1) is 13.9. The minimum absolute atomic E-state index is 0.283. The molecule has 2 heterocycles. The molecule has 2 aliphatic heterocycles. The largest absolute Gasteiger partial charge is 0.399 e. The van der Waals surface area contributed by atoms with Crippen LogP contribution in [0.5, 0.6) is 0 Å². The number of rotatable bonds is 6. The SMILES string of the molecule is Nc1ccc2c(c1)C(=O)N(CCCCCN1C(=O)c3ccc(N)cc3C1=O)C2=O. The molecule has 0 fully saturated rings. The molecule has 0 atom stereocenters. The number of fused-ring (bicyclic) bond motifs is 2. The second-order valence-corrected chi connectivity index (χ2v) is 7.19. The van der Waals surface area contributed by atoms with Gasteiger partial charge in [-0.2, -0.15) is 0 Å². The fourth-order valence-electron chi connectivity index (χ4n) is 3.74. The number of nitrogens with zero attached hydrogens (tertiary/aromatic N) is 2. The lowest BCUT2D eigenvalue weighted by molar-refractivity contribution is 0.0647. The fraction of sp³-hybridized carbons (Fsp3) is 0.238. The predicted molar refractivity (Wildman–Crippen MR) is 106 cm³/mol. The monoisotopic (exact) mass is 392 g/mol. The summed E-state index contributed by atoms with van der Waals surface area (Å²) in [4.78, 5) is 52.0. The van der Waals surface area contributed by atoms with Gasteiger partial charge in [0.2, 0.25) is 0 Å². The first kappa shape index (κ1) is 18.7. The van der Waals surface area contributed by atoms with Gasteiger partial charge < -0.3 is 11.5 Å². The number of imide groups is 2. The number of unbranched alkanes of at least 4 members (excludes halogenated alkanes) is 2. The van der Waals surface area contributed by atoms with E-state index in [1.807, 2.05) is 0 Å². The van der Waals surface area contributed by atoms with Crippen molar-refractivity contribution in [2.75, 3.05) is 24.6 Å². The number of hydrogen-bond donors (Lipinski definition) is 2. The molecule has 2 aromatic rings. The highest BCUT2D eigenvalue weighted by Crippen LogP contribution is 2.26. The highest BCUT2D eigenvalue weighted by atomic mass is 16.2. The molecule has 8 nitrogen and oxygen atoms in total. The topological polar surface area (TPSA) is 127 Å². The van der Waals surface area contributed by atoms with Gasteiger partial charge in [-0.3, -0.25) is 29.0 Å². The molecule has 0 spiro atoms. The Bertz CT molecular complexity index is 979. The van der Waals surface area contributed by atoms with Crippen LogP contribution in [0.3, 0.4) is 0 Å². The molecule has 0 radical (unpaired) electrons. The van der Waals surface area contributed by atoms with E-state index in [0.717, 1.165) is 0 Å². The number of nitrogen functional groups attached to an aromatic ring is 2. The Kier molecular flexibility index (Phi) is 4.54. The van der Waals surface area contributed by atoms with Crippen LogP contribution in [-0.2, 0) is 0 Å². The van der Waals surface area contributed by atoms with Gasteiger partial charge in [0.25, 0.3) is 23.6 Å². The molecule has 148 valence electrons. The summed E-state index contributed by atoms with van der Waals surface area (Å²) in [5.41, 5.74) is 13.7. The summed E-state index contributed by atoms with van der Waals surface area (Å²) >= 11 is 0. The first-order valence-electron chi connectivity index (χ1n) is 9.40. The van der Waals surface area contributed by atoms with Gasteiger partial charge in [0, 0.05) is 24.5 Å². The number of amides is 4. The van der Waals surface area contributed by atoms with Gasteiger partial charge in [-0.1, -0.05) is 0 Å². The van der Waals surface area contributed by atoms with Crippen LogP contribution in [0.4, 0.5) is 11.4 Å². The van der Waals surface area contributed by atoms with Gasteiger partial charge in [0.15, 0.2) is 0 Å². The van der Waals surface area contributed by atoms with E-state index < -0.39 is 0 Å². The molecule has 2 aromatic carbocycles. The van der Waals surface area contributed by atoms with E-state index in [1.54, 1.807) is 24.3 Å². The molecule has 4 rings (SSSR count). The zero-order chi connectivity index (χ0) is 20.7. The van der Waals surface area contributed by atoms with E-state index in [0.29, 0.717) is 52.9 Å². The third-order valence-corrected chi connectivity index (χ3v) is 5.25. The summed E-state index contributed by atoms with van der Waals surface area (Å²) in [6.45, 7) is 0.565. The Hall–Kier alpha value is -3.68. The Morgan fingerprint density at radius 2 is 0.931 bits per heavy atom. The van der Waals surface area contributed by atoms with E-state index in [1.165, 1.54) is 21.9 Å². The summed E-state index contributed by atoms with van der Waals surface area (Å²) in [6.07, 6.45) is 1.82. The number of carbonyl (C=O) groups is 4. The van der Waals surface area contributed by atoms with Crippen molar-refractivity contribution >= 4 is 35.0 Å². The Morgan fingerprint density at radius 1 is 0.552 bits per heavy atom. The Balaban J connectivity index is 1.29.